The third-order valence-corrected chi connectivity index (χ3v) is 11.3. The number of anilines is 1. The van der Waals surface area contributed by atoms with Crippen molar-refractivity contribution in [1.29, 1.82) is 0 Å². The first-order valence-electron chi connectivity index (χ1n) is 16.4. The number of ether oxygens (including phenoxy) is 1. The van der Waals surface area contributed by atoms with Crippen LogP contribution in [0, 0.1) is 11.8 Å². The number of nitrogen functional groups attached to an aromatic ring is 1. The van der Waals surface area contributed by atoms with Gasteiger partial charge >= 0.3 is 11.9 Å². The first-order chi connectivity index (χ1) is 23.7. The van der Waals surface area contributed by atoms with Gasteiger partial charge < -0.3 is 36.4 Å². The molecule has 15 nitrogen and oxygen atoms in total. The number of carbonyl (C=O) groups excluding carboxylic acids is 4. The fraction of sp³-hybridized carbons (Fsp3) is 0.531. The molecule has 4 fully saturated rings. The van der Waals surface area contributed by atoms with E-state index in [9.17, 15) is 29.1 Å². The lowest BCUT2D eigenvalue weighted by molar-refractivity contribution is -0.150. The Labute approximate surface area is 290 Å². The highest BCUT2D eigenvalue weighted by Crippen LogP contribution is 2.46. The molecule has 5 heterocycles. The second-order valence-electron chi connectivity index (χ2n) is 12.4. The molecule has 6 N–H and O–H groups in total. The molecule has 17 heteroatoms. The van der Waals surface area contributed by atoms with Crippen molar-refractivity contribution in [3.05, 3.63) is 46.1 Å². The van der Waals surface area contributed by atoms with Crippen molar-refractivity contribution in [3.8, 4) is 0 Å². The first-order valence-corrected chi connectivity index (χ1v) is 18.3. The predicted octanol–water partition coefficient (Wildman–Crippen LogP) is 1.29. The van der Waals surface area contributed by atoms with E-state index in [2.05, 4.69) is 32.7 Å². The van der Waals surface area contributed by atoms with Crippen LogP contribution in [0.5, 0.6) is 0 Å². The van der Waals surface area contributed by atoms with Gasteiger partial charge in [-0.3, -0.25) is 24.1 Å². The number of aliphatic carboxylic acids is 1. The quantitative estimate of drug-likeness (QED) is 0.0518. The number of thiazole rings is 1. The van der Waals surface area contributed by atoms with Crippen LogP contribution < -0.4 is 21.7 Å². The molecule has 1 saturated carbocycles. The van der Waals surface area contributed by atoms with Crippen molar-refractivity contribution in [2.24, 2.45) is 17.0 Å². The van der Waals surface area contributed by atoms with Crippen LogP contribution in [0.4, 0.5) is 5.13 Å². The van der Waals surface area contributed by atoms with E-state index < -0.39 is 41.1 Å². The van der Waals surface area contributed by atoms with Gasteiger partial charge in [0.15, 0.2) is 10.8 Å². The summed E-state index contributed by atoms with van der Waals surface area (Å²) in [6.07, 6.45) is 6.42. The predicted molar refractivity (Wildman–Crippen MR) is 181 cm³/mol. The van der Waals surface area contributed by atoms with Crippen LogP contribution in [0.1, 0.15) is 50.6 Å². The van der Waals surface area contributed by atoms with Gasteiger partial charge in [0.2, 0.25) is 5.91 Å². The molecule has 0 spiro atoms. The Morgan fingerprint density at radius 3 is 2.59 bits per heavy atom. The third kappa shape index (κ3) is 7.10. The largest absolute Gasteiger partial charge is 0.477 e. The summed E-state index contributed by atoms with van der Waals surface area (Å²) in [7, 11) is 0. The number of carboxylic acids is 1. The van der Waals surface area contributed by atoms with E-state index in [1.165, 1.54) is 17.8 Å². The summed E-state index contributed by atoms with van der Waals surface area (Å²) in [5.74, 6) is -4.81. The Balaban J connectivity index is 1.32. The average Bonchev–Trinajstić information content (AvgIpc) is 3.88. The summed E-state index contributed by atoms with van der Waals surface area (Å²) >= 11 is 2.37. The highest BCUT2D eigenvalue weighted by atomic mass is 32.2. The van der Waals surface area contributed by atoms with E-state index in [0.29, 0.717) is 43.6 Å². The maximum atomic E-state index is 13.8. The number of piperidine rings is 1. The molecule has 3 amide bonds. The zero-order chi connectivity index (χ0) is 34.7. The van der Waals surface area contributed by atoms with Crippen molar-refractivity contribution in [3.63, 3.8) is 0 Å². The van der Waals surface area contributed by atoms with Crippen LogP contribution in [-0.2, 0) is 33.5 Å². The molecule has 1 aliphatic carbocycles. The average molecular weight is 714 g/mol. The Kier molecular flexibility index (Phi) is 10.7. The van der Waals surface area contributed by atoms with Crippen LogP contribution >= 0.6 is 23.1 Å². The number of rotatable bonds is 12. The standard InChI is InChI=1S/C32H39N7O8S2/c1-2-13-46-31(45)21(16-7-10-34-11-8-16)22(18-9-12-35-26(18)40)19-14-48-29-24(28(42)39(29)25(19)30(43)44)37-27(41)23(20-15-49-32(33)36-20)38-47-17-5-3-4-6-17/h2,15-17,21,24,29,34H,1,3-14H2,(H2,33,36)(H,35,40)(H,37,41)(H,43,44)/t21?,24-,29-/m1/s1. The molecule has 49 heavy (non-hydrogen) atoms. The number of carboxylic acid groups (broad SMARTS) is 1. The zero-order valence-corrected chi connectivity index (χ0v) is 28.4. The Bertz CT molecular complexity index is 1630. The number of nitrogens with one attached hydrogen (secondary N) is 3. The molecule has 0 bridgehead atoms. The van der Waals surface area contributed by atoms with E-state index >= 15 is 0 Å². The summed E-state index contributed by atoms with van der Waals surface area (Å²) in [5, 5.41) is 24.5. The van der Waals surface area contributed by atoms with E-state index in [-0.39, 0.29) is 64.5 Å². The van der Waals surface area contributed by atoms with Crippen molar-refractivity contribution in [2.45, 2.75) is 62.5 Å². The number of nitrogens with two attached hydrogens (primary N) is 1. The van der Waals surface area contributed by atoms with Gasteiger partial charge in [-0.2, -0.15) is 0 Å². The fourth-order valence-electron chi connectivity index (χ4n) is 7.05. The number of aromatic nitrogens is 1. The molecule has 5 aliphatic rings. The van der Waals surface area contributed by atoms with Gasteiger partial charge in [0, 0.05) is 23.3 Å². The van der Waals surface area contributed by atoms with Crippen LogP contribution in [0.15, 0.2) is 45.6 Å². The number of β-lactam (4-membered cyclic amide) rings is 1. The Morgan fingerprint density at radius 2 is 1.96 bits per heavy atom. The molecule has 0 radical (unpaired) electrons. The number of thioether (sulfide) groups is 1. The molecule has 1 unspecified atom stereocenters. The molecular weight excluding hydrogens is 675 g/mol. The number of hydrogen-bond donors (Lipinski definition) is 5. The monoisotopic (exact) mass is 713 g/mol. The van der Waals surface area contributed by atoms with Crippen LogP contribution in [0.3, 0.4) is 0 Å². The van der Waals surface area contributed by atoms with Crippen molar-refractivity contribution in [2.75, 3.05) is 37.7 Å². The lowest BCUT2D eigenvalue weighted by Gasteiger charge is -2.50. The Hall–Kier alpha value is -4.22. The van der Waals surface area contributed by atoms with Crippen LogP contribution in [0.25, 0.3) is 0 Å². The summed E-state index contributed by atoms with van der Waals surface area (Å²) in [6, 6.07) is -1.08. The molecular formula is C32H39N7O8S2. The Morgan fingerprint density at radius 1 is 1.20 bits per heavy atom. The number of carbonyl (C=O) groups is 5. The van der Waals surface area contributed by atoms with Gasteiger partial charge in [-0.05, 0) is 75.1 Å². The van der Waals surface area contributed by atoms with E-state index in [1.54, 1.807) is 5.38 Å². The third-order valence-electron chi connectivity index (χ3n) is 9.38. The number of hydrogen-bond acceptors (Lipinski definition) is 13. The fourth-order valence-corrected chi connectivity index (χ4v) is 8.96. The smallest absolute Gasteiger partial charge is 0.352 e. The van der Waals surface area contributed by atoms with E-state index in [4.69, 9.17) is 15.3 Å². The number of fused-ring (bicyclic) bond motifs is 1. The summed E-state index contributed by atoms with van der Waals surface area (Å²) < 4.78 is 5.54. The minimum atomic E-state index is -1.39. The van der Waals surface area contributed by atoms with Crippen molar-refractivity contribution >= 4 is 63.6 Å². The molecule has 262 valence electrons. The lowest BCUT2D eigenvalue weighted by Crippen LogP contribution is -2.71. The van der Waals surface area contributed by atoms with Gasteiger partial charge in [0.25, 0.3) is 11.8 Å². The van der Waals surface area contributed by atoms with Gasteiger partial charge in [0.05, 0.1) is 5.92 Å². The van der Waals surface area contributed by atoms with E-state index in [1.807, 2.05) is 0 Å². The minimum Gasteiger partial charge on any atom is -0.477 e. The minimum absolute atomic E-state index is 0.0484. The molecule has 3 atom stereocenters. The maximum absolute atomic E-state index is 13.8. The van der Waals surface area contributed by atoms with Crippen LogP contribution in [0.2, 0.25) is 0 Å². The molecule has 6 rings (SSSR count). The van der Waals surface area contributed by atoms with E-state index in [0.717, 1.165) is 41.9 Å². The SMILES string of the molecule is C=CCOC(=O)C(C(=C1CCNC1=O)C1=C(C(=O)O)N2C(=O)[C@@H](NC(=O)C(=NOC3CCCC3)c3csc(N)n3)[C@H]2SC1)C1CCNCC1. The first kappa shape index (κ1) is 34.6. The van der Waals surface area contributed by atoms with Gasteiger partial charge in [-0.25, -0.2) is 9.78 Å². The van der Waals surface area contributed by atoms with Crippen LogP contribution in [-0.4, -0.2) is 99.9 Å². The second kappa shape index (κ2) is 15.1. The maximum Gasteiger partial charge on any atom is 0.352 e. The van der Waals surface area contributed by atoms with Crippen molar-refractivity contribution < 1.29 is 38.7 Å². The topological polar surface area (TPSA) is 215 Å². The molecule has 3 saturated heterocycles. The number of oxime groups is 1. The highest BCUT2D eigenvalue weighted by molar-refractivity contribution is 8.00. The molecule has 1 aromatic heterocycles. The summed E-state index contributed by atoms with van der Waals surface area (Å²) in [5.41, 5.74) is 6.41. The molecule has 0 aromatic carbocycles. The zero-order valence-electron chi connectivity index (χ0n) is 26.8. The summed E-state index contributed by atoms with van der Waals surface area (Å²) in [6.45, 7) is 5.20. The van der Waals surface area contributed by atoms with Gasteiger partial charge in [0.1, 0.15) is 35.5 Å². The number of nitrogens with zero attached hydrogens (tertiary/aromatic N) is 3. The normalized spacial score (nSPS) is 24.9. The number of amides is 3. The molecule has 4 aliphatic heterocycles. The van der Waals surface area contributed by atoms with Gasteiger partial charge in [-0.1, -0.05) is 17.8 Å². The summed E-state index contributed by atoms with van der Waals surface area (Å²) in [4.78, 5) is 78.3. The lowest BCUT2D eigenvalue weighted by atomic mass is 9.75. The molecule has 1 aromatic rings. The second-order valence-corrected chi connectivity index (χ2v) is 14.4. The number of esters is 1. The van der Waals surface area contributed by atoms with Gasteiger partial charge in [-0.15, -0.1) is 23.1 Å². The highest BCUT2D eigenvalue weighted by Gasteiger charge is 2.56. The van der Waals surface area contributed by atoms with Crippen molar-refractivity contribution in [1.82, 2.24) is 25.8 Å².